The molecule has 2 atom stereocenters. The summed E-state index contributed by atoms with van der Waals surface area (Å²) in [5.74, 6) is 0.433. The highest BCUT2D eigenvalue weighted by molar-refractivity contribution is 6.04. The molecule has 1 aliphatic rings. The molecular formula is C39H36N2O2. The standard InChI is InChI=1S/C39H36N2O2/c1-2-43-38(42)39(35-21-13-6-14-22-35)36(33-27-25-31(26-28-33)24-23-30-15-7-3-8-16-30)41(29-32-17-9-4-10-18-32)37(40-39)34-19-11-5-12-20-34/h3-22,25-28,36H,2,23-24,29H2,1H3/t36-,39-/m1/s1. The molecule has 0 saturated heterocycles. The average Bonchev–Trinajstić information content (AvgIpc) is 3.41. The maximum absolute atomic E-state index is 14.3. The Hall–Kier alpha value is -4.96. The van der Waals surface area contributed by atoms with Gasteiger partial charge in [0.2, 0.25) is 5.54 Å². The van der Waals surface area contributed by atoms with Crippen LogP contribution in [0.3, 0.4) is 0 Å². The van der Waals surface area contributed by atoms with Crippen molar-refractivity contribution in [3.05, 3.63) is 179 Å². The minimum absolute atomic E-state index is 0.271. The largest absolute Gasteiger partial charge is 0.464 e. The molecule has 6 rings (SSSR count). The van der Waals surface area contributed by atoms with Crippen LogP contribution in [-0.4, -0.2) is 23.3 Å². The van der Waals surface area contributed by atoms with E-state index in [-0.39, 0.29) is 12.6 Å². The van der Waals surface area contributed by atoms with E-state index in [0.29, 0.717) is 6.54 Å². The van der Waals surface area contributed by atoms with Crippen LogP contribution in [0.5, 0.6) is 0 Å². The van der Waals surface area contributed by atoms with Gasteiger partial charge in [-0.1, -0.05) is 146 Å². The Balaban J connectivity index is 1.49. The zero-order chi connectivity index (χ0) is 29.5. The molecule has 0 bridgehead atoms. The van der Waals surface area contributed by atoms with Crippen molar-refractivity contribution in [1.29, 1.82) is 0 Å². The van der Waals surface area contributed by atoms with Crippen LogP contribution >= 0.6 is 0 Å². The molecular weight excluding hydrogens is 528 g/mol. The number of ether oxygens (including phenoxy) is 1. The molecule has 0 aromatic heterocycles. The Bertz CT molecular complexity index is 1650. The van der Waals surface area contributed by atoms with Gasteiger partial charge in [-0.3, -0.25) is 0 Å². The van der Waals surface area contributed by atoms with Gasteiger partial charge in [0, 0.05) is 12.1 Å². The second-order valence-corrected chi connectivity index (χ2v) is 10.9. The summed E-state index contributed by atoms with van der Waals surface area (Å²) < 4.78 is 5.86. The van der Waals surface area contributed by atoms with Crippen LogP contribution in [-0.2, 0) is 34.5 Å². The van der Waals surface area contributed by atoms with E-state index in [1.807, 2.05) is 61.5 Å². The number of aliphatic imine (C=N–C) groups is 1. The van der Waals surface area contributed by atoms with Crippen LogP contribution < -0.4 is 0 Å². The number of carbonyl (C=O) groups excluding carboxylic acids is 1. The molecule has 4 nitrogen and oxygen atoms in total. The minimum Gasteiger partial charge on any atom is -0.464 e. The van der Waals surface area contributed by atoms with Crippen molar-refractivity contribution < 1.29 is 9.53 Å². The Labute approximate surface area is 254 Å². The first-order valence-electron chi connectivity index (χ1n) is 15.0. The zero-order valence-corrected chi connectivity index (χ0v) is 24.5. The van der Waals surface area contributed by atoms with Gasteiger partial charge < -0.3 is 9.64 Å². The van der Waals surface area contributed by atoms with Crippen molar-refractivity contribution in [2.45, 2.75) is 37.9 Å². The van der Waals surface area contributed by atoms with Crippen LogP contribution in [0.2, 0.25) is 0 Å². The first-order chi connectivity index (χ1) is 21.2. The number of aryl methyl sites for hydroxylation is 2. The molecule has 1 aliphatic heterocycles. The maximum atomic E-state index is 14.3. The number of carbonyl (C=O) groups is 1. The van der Waals surface area contributed by atoms with Crippen LogP contribution in [0.4, 0.5) is 0 Å². The van der Waals surface area contributed by atoms with Crippen molar-refractivity contribution >= 4 is 11.8 Å². The number of nitrogens with zero attached hydrogens (tertiary/aromatic N) is 2. The Morgan fingerprint density at radius 1 is 0.674 bits per heavy atom. The summed E-state index contributed by atoms with van der Waals surface area (Å²) in [6.45, 7) is 2.71. The molecule has 214 valence electrons. The Kier molecular flexibility index (Phi) is 8.46. The van der Waals surface area contributed by atoms with Crippen molar-refractivity contribution in [2.24, 2.45) is 4.99 Å². The topological polar surface area (TPSA) is 41.9 Å². The van der Waals surface area contributed by atoms with Gasteiger partial charge in [-0.2, -0.15) is 0 Å². The van der Waals surface area contributed by atoms with Gasteiger partial charge in [0.15, 0.2) is 0 Å². The average molecular weight is 565 g/mol. The highest BCUT2D eigenvalue weighted by Crippen LogP contribution is 2.50. The van der Waals surface area contributed by atoms with E-state index in [4.69, 9.17) is 9.73 Å². The lowest BCUT2D eigenvalue weighted by atomic mass is 9.79. The van der Waals surface area contributed by atoms with Crippen molar-refractivity contribution in [3.63, 3.8) is 0 Å². The Morgan fingerprint density at radius 2 is 1.19 bits per heavy atom. The lowest BCUT2D eigenvalue weighted by Gasteiger charge is -2.37. The van der Waals surface area contributed by atoms with Crippen LogP contribution in [0, 0.1) is 0 Å². The van der Waals surface area contributed by atoms with E-state index in [0.717, 1.165) is 40.9 Å². The molecule has 0 unspecified atom stereocenters. The maximum Gasteiger partial charge on any atom is 0.341 e. The number of amidine groups is 1. The number of hydrogen-bond acceptors (Lipinski definition) is 4. The fraction of sp³-hybridized carbons (Fsp3) is 0.179. The van der Waals surface area contributed by atoms with Gasteiger partial charge >= 0.3 is 5.97 Å². The van der Waals surface area contributed by atoms with E-state index in [1.165, 1.54) is 11.1 Å². The zero-order valence-electron chi connectivity index (χ0n) is 24.5. The molecule has 5 aromatic carbocycles. The van der Waals surface area contributed by atoms with Gasteiger partial charge in [0.25, 0.3) is 0 Å². The summed E-state index contributed by atoms with van der Waals surface area (Å²) in [6, 6.07) is 49.3. The van der Waals surface area contributed by atoms with Crippen LogP contribution in [0.15, 0.2) is 151 Å². The summed E-state index contributed by atoms with van der Waals surface area (Å²) in [6.07, 6.45) is 1.91. The van der Waals surface area contributed by atoms with E-state index in [9.17, 15) is 4.79 Å². The number of benzene rings is 5. The SMILES string of the molecule is CCOC(=O)[C@]1(c2ccccc2)N=C(c2ccccc2)N(Cc2ccccc2)[C@@H]1c1ccc(CCc2ccccc2)cc1. The quantitative estimate of drug-likeness (QED) is 0.162. The van der Waals surface area contributed by atoms with Gasteiger partial charge in [0.1, 0.15) is 5.84 Å². The molecule has 0 amide bonds. The fourth-order valence-corrected chi connectivity index (χ4v) is 6.06. The smallest absolute Gasteiger partial charge is 0.341 e. The third-order valence-electron chi connectivity index (χ3n) is 8.13. The number of hydrogen-bond donors (Lipinski definition) is 0. The monoisotopic (exact) mass is 564 g/mol. The highest BCUT2D eigenvalue weighted by Gasteiger charge is 2.57. The van der Waals surface area contributed by atoms with E-state index >= 15 is 0 Å². The normalized spacial score (nSPS) is 17.8. The van der Waals surface area contributed by atoms with Gasteiger partial charge in [-0.25, -0.2) is 9.79 Å². The van der Waals surface area contributed by atoms with E-state index < -0.39 is 11.6 Å². The van der Waals surface area contributed by atoms with Crippen LogP contribution in [0.25, 0.3) is 0 Å². The number of rotatable bonds is 10. The molecule has 0 N–H and O–H groups in total. The van der Waals surface area contributed by atoms with Gasteiger partial charge in [-0.05, 0) is 47.6 Å². The molecule has 4 heteroatoms. The minimum atomic E-state index is -1.29. The van der Waals surface area contributed by atoms with Gasteiger partial charge in [-0.15, -0.1) is 0 Å². The van der Waals surface area contributed by atoms with Gasteiger partial charge in [0.05, 0.1) is 12.6 Å². The summed E-state index contributed by atoms with van der Waals surface area (Å²) in [4.78, 5) is 22.0. The second-order valence-electron chi connectivity index (χ2n) is 10.9. The lowest BCUT2D eigenvalue weighted by Crippen LogP contribution is -2.44. The summed E-state index contributed by atoms with van der Waals surface area (Å²) in [5, 5.41) is 0. The molecule has 43 heavy (non-hydrogen) atoms. The van der Waals surface area contributed by atoms with Crippen molar-refractivity contribution in [2.75, 3.05) is 6.61 Å². The summed E-state index contributed by atoms with van der Waals surface area (Å²) in [7, 11) is 0. The predicted octanol–water partition coefficient (Wildman–Crippen LogP) is 7.93. The third-order valence-corrected chi connectivity index (χ3v) is 8.13. The van der Waals surface area contributed by atoms with Crippen LogP contribution in [0.1, 0.15) is 46.3 Å². The van der Waals surface area contributed by atoms with Crippen molar-refractivity contribution in [3.8, 4) is 0 Å². The second kappa shape index (κ2) is 12.9. The highest BCUT2D eigenvalue weighted by atomic mass is 16.5. The fourth-order valence-electron chi connectivity index (χ4n) is 6.06. The molecule has 5 aromatic rings. The predicted molar refractivity (Wildman–Crippen MR) is 173 cm³/mol. The lowest BCUT2D eigenvalue weighted by molar-refractivity contribution is -0.151. The first kappa shape index (κ1) is 28.2. The molecule has 0 aliphatic carbocycles. The molecule has 1 heterocycles. The summed E-state index contributed by atoms with van der Waals surface area (Å²) in [5.41, 5.74) is 5.23. The van der Waals surface area contributed by atoms with Crippen molar-refractivity contribution in [1.82, 2.24) is 4.90 Å². The van der Waals surface area contributed by atoms with E-state index in [1.54, 1.807) is 0 Å². The Morgan fingerprint density at radius 3 is 1.77 bits per heavy atom. The summed E-state index contributed by atoms with van der Waals surface area (Å²) >= 11 is 0. The number of esters is 1. The molecule has 0 fully saturated rings. The van der Waals surface area contributed by atoms with E-state index in [2.05, 4.69) is 95.9 Å². The molecule has 0 saturated carbocycles. The molecule has 0 spiro atoms. The molecule has 0 radical (unpaired) electrons. The third kappa shape index (κ3) is 5.87. The first-order valence-corrected chi connectivity index (χ1v) is 15.0.